The molecule has 0 saturated heterocycles. The molecule has 134 valence electrons. The maximum absolute atomic E-state index is 13.2. The summed E-state index contributed by atoms with van der Waals surface area (Å²) in [6.45, 7) is 5.36. The highest BCUT2D eigenvalue weighted by molar-refractivity contribution is 5.47. The molecule has 0 radical (unpaired) electrons. The van der Waals surface area contributed by atoms with Gasteiger partial charge in [0.1, 0.15) is 5.82 Å². The van der Waals surface area contributed by atoms with Gasteiger partial charge in [0.2, 0.25) is 5.88 Å². The number of anilines is 1. The van der Waals surface area contributed by atoms with Crippen molar-refractivity contribution < 1.29 is 9.13 Å². The van der Waals surface area contributed by atoms with Crippen LogP contribution >= 0.6 is 0 Å². The standard InChI is InChI=1S/C22H23FN2O/c1-17(2)26-22-13-12-21(14-24-22)25(15-18-6-4-3-5-7-18)16-19-8-10-20(23)11-9-19/h3-14,17H,15-16H2,1-2H3. The summed E-state index contributed by atoms with van der Waals surface area (Å²) in [5.41, 5.74) is 3.25. The summed E-state index contributed by atoms with van der Waals surface area (Å²) < 4.78 is 18.8. The molecular formula is C22H23FN2O. The van der Waals surface area contributed by atoms with E-state index in [0.717, 1.165) is 17.8 Å². The number of hydrogen-bond acceptors (Lipinski definition) is 3. The summed E-state index contributed by atoms with van der Waals surface area (Å²) in [6.07, 6.45) is 1.91. The molecule has 1 heterocycles. The van der Waals surface area contributed by atoms with Gasteiger partial charge in [-0.1, -0.05) is 42.5 Å². The molecule has 0 aliphatic carbocycles. The van der Waals surface area contributed by atoms with Crippen LogP contribution in [0.5, 0.6) is 5.88 Å². The van der Waals surface area contributed by atoms with Crippen LogP contribution in [0.2, 0.25) is 0 Å². The fourth-order valence-corrected chi connectivity index (χ4v) is 2.72. The summed E-state index contributed by atoms with van der Waals surface area (Å²) >= 11 is 0. The monoisotopic (exact) mass is 350 g/mol. The van der Waals surface area contributed by atoms with Gasteiger partial charge in [0.05, 0.1) is 18.0 Å². The van der Waals surface area contributed by atoms with E-state index >= 15 is 0 Å². The topological polar surface area (TPSA) is 25.4 Å². The number of benzene rings is 2. The fraction of sp³-hybridized carbons (Fsp3) is 0.227. The maximum atomic E-state index is 13.2. The van der Waals surface area contributed by atoms with Gasteiger partial charge in [-0.15, -0.1) is 0 Å². The largest absolute Gasteiger partial charge is 0.475 e. The molecule has 0 saturated carbocycles. The predicted molar refractivity (Wildman–Crippen MR) is 103 cm³/mol. The minimum atomic E-state index is -0.222. The summed E-state index contributed by atoms with van der Waals surface area (Å²) in [5, 5.41) is 0. The molecule has 0 aliphatic rings. The fourth-order valence-electron chi connectivity index (χ4n) is 2.72. The second-order valence-electron chi connectivity index (χ2n) is 6.49. The Morgan fingerprint density at radius 1 is 0.885 bits per heavy atom. The van der Waals surface area contributed by atoms with E-state index in [4.69, 9.17) is 4.74 Å². The number of aromatic nitrogens is 1. The zero-order chi connectivity index (χ0) is 18.4. The lowest BCUT2D eigenvalue weighted by Gasteiger charge is -2.25. The van der Waals surface area contributed by atoms with Crippen molar-refractivity contribution in [2.75, 3.05) is 4.90 Å². The number of halogens is 1. The van der Waals surface area contributed by atoms with Crippen molar-refractivity contribution in [3.63, 3.8) is 0 Å². The molecule has 4 heteroatoms. The Bertz CT molecular complexity index is 802. The average Bonchev–Trinajstić information content (AvgIpc) is 2.64. The third-order valence-electron chi connectivity index (χ3n) is 3.95. The summed E-state index contributed by atoms with van der Waals surface area (Å²) in [7, 11) is 0. The van der Waals surface area contributed by atoms with Gasteiger partial charge in [0.25, 0.3) is 0 Å². The van der Waals surface area contributed by atoms with Gasteiger partial charge < -0.3 is 9.64 Å². The minimum Gasteiger partial charge on any atom is -0.475 e. The van der Waals surface area contributed by atoms with Crippen LogP contribution in [0.15, 0.2) is 72.9 Å². The van der Waals surface area contributed by atoms with E-state index in [-0.39, 0.29) is 11.9 Å². The van der Waals surface area contributed by atoms with Gasteiger partial charge in [-0.2, -0.15) is 0 Å². The van der Waals surface area contributed by atoms with Gasteiger partial charge in [-0.3, -0.25) is 0 Å². The normalized spacial score (nSPS) is 10.8. The molecule has 3 rings (SSSR count). The van der Waals surface area contributed by atoms with Crippen molar-refractivity contribution >= 4 is 5.69 Å². The van der Waals surface area contributed by atoms with Crippen LogP contribution in [0.4, 0.5) is 10.1 Å². The van der Waals surface area contributed by atoms with Gasteiger partial charge in [-0.25, -0.2) is 9.37 Å². The Hall–Kier alpha value is -2.88. The average molecular weight is 350 g/mol. The lowest BCUT2D eigenvalue weighted by Crippen LogP contribution is -2.22. The maximum Gasteiger partial charge on any atom is 0.213 e. The first-order valence-electron chi connectivity index (χ1n) is 8.76. The van der Waals surface area contributed by atoms with Gasteiger partial charge >= 0.3 is 0 Å². The summed E-state index contributed by atoms with van der Waals surface area (Å²) in [4.78, 5) is 6.63. The molecule has 0 fully saturated rings. The van der Waals surface area contributed by atoms with E-state index in [1.165, 1.54) is 17.7 Å². The first-order valence-corrected chi connectivity index (χ1v) is 8.76. The zero-order valence-corrected chi connectivity index (χ0v) is 15.1. The van der Waals surface area contributed by atoms with Crippen LogP contribution in [-0.2, 0) is 13.1 Å². The Labute approximate surface area is 154 Å². The quantitative estimate of drug-likeness (QED) is 0.584. The minimum absolute atomic E-state index is 0.0907. The number of ether oxygens (including phenoxy) is 1. The Morgan fingerprint density at radius 3 is 2.12 bits per heavy atom. The van der Waals surface area contributed by atoms with E-state index < -0.39 is 0 Å². The summed E-state index contributed by atoms with van der Waals surface area (Å²) in [6, 6.07) is 20.8. The highest BCUT2D eigenvalue weighted by Gasteiger charge is 2.10. The van der Waals surface area contributed by atoms with Crippen molar-refractivity contribution in [3.8, 4) is 5.88 Å². The van der Waals surface area contributed by atoms with Crippen LogP contribution < -0.4 is 9.64 Å². The molecule has 0 bridgehead atoms. The highest BCUT2D eigenvalue weighted by atomic mass is 19.1. The van der Waals surface area contributed by atoms with Crippen molar-refractivity contribution in [1.82, 2.24) is 4.98 Å². The van der Waals surface area contributed by atoms with Crippen LogP contribution in [0.1, 0.15) is 25.0 Å². The van der Waals surface area contributed by atoms with E-state index in [9.17, 15) is 4.39 Å². The highest BCUT2D eigenvalue weighted by Crippen LogP contribution is 2.22. The molecule has 0 aliphatic heterocycles. The van der Waals surface area contributed by atoms with E-state index in [0.29, 0.717) is 12.4 Å². The van der Waals surface area contributed by atoms with E-state index in [2.05, 4.69) is 22.0 Å². The molecule has 3 nitrogen and oxygen atoms in total. The third kappa shape index (κ3) is 5.06. The molecule has 2 aromatic carbocycles. The zero-order valence-electron chi connectivity index (χ0n) is 15.1. The molecule has 0 amide bonds. The number of pyridine rings is 1. The van der Waals surface area contributed by atoms with Gasteiger partial charge in [0.15, 0.2) is 0 Å². The van der Waals surface area contributed by atoms with Gasteiger partial charge in [-0.05, 0) is 43.2 Å². The van der Waals surface area contributed by atoms with E-state index in [1.807, 2.05) is 62.5 Å². The second-order valence-corrected chi connectivity index (χ2v) is 6.49. The molecule has 1 aromatic heterocycles. The van der Waals surface area contributed by atoms with Crippen molar-refractivity contribution in [2.24, 2.45) is 0 Å². The van der Waals surface area contributed by atoms with Crippen LogP contribution in [0, 0.1) is 5.82 Å². The molecule has 0 N–H and O–H groups in total. The van der Waals surface area contributed by atoms with Crippen LogP contribution in [0.25, 0.3) is 0 Å². The van der Waals surface area contributed by atoms with Crippen molar-refractivity contribution in [2.45, 2.75) is 33.0 Å². The Morgan fingerprint density at radius 2 is 1.54 bits per heavy atom. The molecule has 0 spiro atoms. The summed E-state index contributed by atoms with van der Waals surface area (Å²) in [5.74, 6) is 0.394. The first kappa shape index (κ1) is 17.9. The number of rotatable bonds is 7. The molecule has 0 atom stereocenters. The number of hydrogen-bond donors (Lipinski definition) is 0. The third-order valence-corrected chi connectivity index (χ3v) is 3.95. The molecule has 3 aromatic rings. The van der Waals surface area contributed by atoms with Gasteiger partial charge in [0, 0.05) is 19.2 Å². The SMILES string of the molecule is CC(C)Oc1ccc(N(Cc2ccccc2)Cc2ccc(F)cc2)cn1. The van der Waals surface area contributed by atoms with Crippen LogP contribution in [0.3, 0.4) is 0 Å². The first-order chi connectivity index (χ1) is 12.6. The smallest absolute Gasteiger partial charge is 0.213 e. The molecular weight excluding hydrogens is 327 g/mol. The lowest BCUT2D eigenvalue weighted by atomic mass is 10.1. The Balaban J connectivity index is 1.82. The lowest BCUT2D eigenvalue weighted by molar-refractivity contribution is 0.232. The second kappa shape index (κ2) is 8.48. The van der Waals surface area contributed by atoms with Crippen molar-refractivity contribution in [1.29, 1.82) is 0 Å². The molecule has 0 unspecified atom stereocenters. The van der Waals surface area contributed by atoms with Crippen molar-refractivity contribution in [3.05, 3.63) is 89.9 Å². The number of nitrogens with zero attached hydrogens (tertiary/aromatic N) is 2. The van der Waals surface area contributed by atoms with E-state index in [1.54, 1.807) is 0 Å². The predicted octanol–water partition coefficient (Wildman–Crippen LogP) is 5.21. The Kier molecular flexibility index (Phi) is 5.84. The molecule has 26 heavy (non-hydrogen) atoms. The van der Waals surface area contributed by atoms with Crippen LogP contribution in [-0.4, -0.2) is 11.1 Å².